The van der Waals surface area contributed by atoms with E-state index in [-0.39, 0.29) is 31.0 Å². The molecule has 1 aromatic carbocycles. The highest BCUT2D eigenvalue weighted by molar-refractivity contribution is 5.67. The zero-order valence-corrected chi connectivity index (χ0v) is 14.7. The maximum atomic E-state index is 12.8. The van der Waals surface area contributed by atoms with Gasteiger partial charge in [0, 0.05) is 18.3 Å². The number of anilines is 1. The number of nitrogens with two attached hydrogens (primary N) is 1. The minimum absolute atomic E-state index is 0.0598. The van der Waals surface area contributed by atoms with Crippen LogP contribution in [0.3, 0.4) is 0 Å². The number of alkyl halides is 3. The number of ether oxygens (including phenoxy) is 1. The van der Waals surface area contributed by atoms with Gasteiger partial charge in [-0.05, 0) is 18.1 Å². The Hall–Kier alpha value is -2.85. The minimum Gasteiger partial charge on any atom is -0.445 e. The molecule has 0 aliphatic carbocycles. The van der Waals surface area contributed by atoms with Crippen LogP contribution in [-0.2, 0) is 17.5 Å². The molecule has 5 N–H and O–H groups in total. The molecule has 28 heavy (non-hydrogen) atoms. The van der Waals surface area contributed by atoms with Gasteiger partial charge in [0.05, 0.1) is 11.7 Å². The molecule has 2 atom stereocenters. The van der Waals surface area contributed by atoms with Crippen molar-refractivity contribution in [3.8, 4) is 0 Å². The lowest BCUT2D eigenvalue weighted by atomic mass is 10.0. The zero-order valence-electron chi connectivity index (χ0n) is 14.7. The lowest BCUT2D eigenvalue weighted by Gasteiger charge is -2.20. The Bertz CT molecular complexity index is 787. The van der Waals surface area contributed by atoms with Crippen LogP contribution in [0.2, 0.25) is 0 Å². The number of rotatable bonds is 7. The number of nitrogens with one attached hydrogen (secondary N) is 1. The normalized spacial score (nSPS) is 13.6. The average Bonchev–Trinajstić information content (AvgIpc) is 2.66. The lowest BCUT2D eigenvalue weighted by molar-refractivity contribution is -0.138. The fourth-order valence-corrected chi connectivity index (χ4v) is 2.35. The predicted molar refractivity (Wildman–Crippen MR) is 93.9 cm³/mol. The van der Waals surface area contributed by atoms with E-state index in [9.17, 15) is 28.2 Å². The van der Waals surface area contributed by atoms with Crippen molar-refractivity contribution < 1.29 is 32.9 Å². The molecule has 0 bridgehead atoms. The summed E-state index contributed by atoms with van der Waals surface area (Å²) < 4.78 is 43.3. The second-order valence-corrected chi connectivity index (χ2v) is 5.99. The summed E-state index contributed by atoms with van der Waals surface area (Å²) in [6, 6.07) is 9.61. The molecule has 0 spiro atoms. The van der Waals surface area contributed by atoms with Gasteiger partial charge in [-0.25, -0.2) is 9.78 Å². The Balaban J connectivity index is 1.84. The van der Waals surface area contributed by atoms with Crippen LogP contribution in [0.5, 0.6) is 0 Å². The standard InChI is InChI=1S/C18H20F3N3O4/c19-18(20,21)12-8-13(16(22)24-9-12)15(26)14(25)6-7-23-17(27)28-10-11-4-2-1-3-5-11/h1-5,8-9,14-15,25-26H,6-7,10H2,(H2,22,24)(H,23,27). The largest absolute Gasteiger partial charge is 0.445 e. The number of amides is 1. The van der Waals surface area contributed by atoms with E-state index in [0.717, 1.165) is 5.56 Å². The Labute approximate surface area is 159 Å². The van der Waals surface area contributed by atoms with Gasteiger partial charge in [-0.3, -0.25) is 0 Å². The second kappa shape index (κ2) is 9.38. The molecule has 7 nitrogen and oxygen atoms in total. The first-order chi connectivity index (χ1) is 13.2. The average molecular weight is 399 g/mol. The maximum Gasteiger partial charge on any atom is 0.417 e. The van der Waals surface area contributed by atoms with E-state index in [4.69, 9.17) is 10.5 Å². The summed E-state index contributed by atoms with van der Waals surface area (Å²) in [7, 11) is 0. The highest BCUT2D eigenvalue weighted by atomic mass is 19.4. The number of hydrogen-bond donors (Lipinski definition) is 4. The van der Waals surface area contributed by atoms with Crippen LogP contribution in [0.4, 0.5) is 23.8 Å². The number of carbonyl (C=O) groups is 1. The molecule has 0 saturated carbocycles. The zero-order chi connectivity index (χ0) is 20.7. The molecule has 0 aliphatic rings. The van der Waals surface area contributed by atoms with Gasteiger partial charge in [-0.2, -0.15) is 13.2 Å². The van der Waals surface area contributed by atoms with Gasteiger partial charge >= 0.3 is 12.3 Å². The number of halogens is 3. The molecule has 0 radical (unpaired) electrons. The number of aliphatic hydroxyl groups is 2. The number of benzene rings is 1. The fraction of sp³-hybridized carbons (Fsp3) is 0.333. The first-order valence-electron chi connectivity index (χ1n) is 8.31. The first kappa shape index (κ1) is 21.5. The molecule has 2 rings (SSSR count). The Morgan fingerprint density at radius 1 is 1.25 bits per heavy atom. The third-order valence-corrected chi connectivity index (χ3v) is 3.88. The molecule has 2 aromatic rings. The fourth-order valence-electron chi connectivity index (χ4n) is 2.35. The van der Waals surface area contributed by atoms with Gasteiger partial charge in [0.15, 0.2) is 0 Å². The molecule has 1 heterocycles. The molecule has 1 amide bonds. The van der Waals surface area contributed by atoms with E-state index >= 15 is 0 Å². The Kier molecular flexibility index (Phi) is 7.18. The number of aromatic nitrogens is 1. The molecular weight excluding hydrogens is 379 g/mol. The van der Waals surface area contributed by atoms with Gasteiger partial charge in [0.25, 0.3) is 0 Å². The molecular formula is C18H20F3N3O4. The molecule has 0 fully saturated rings. The molecule has 152 valence electrons. The van der Waals surface area contributed by atoms with Gasteiger partial charge in [-0.15, -0.1) is 0 Å². The van der Waals surface area contributed by atoms with Crippen molar-refractivity contribution in [2.75, 3.05) is 12.3 Å². The number of nitrogens with zero attached hydrogens (tertiary/aromatic N) is 1. The third-order valence-electron chi connectivity index (χ3n) is 3.88. The Morgan fingerprint density at radius 2 is 1.93 bits per heavy atom. The lowest BCUT2D eigenvalue weighted by Crippen LogP contribution is -2.30. The smallest absolute Gasteiger partial charge is 0.417 e. The van der Waals surface area contributed by atoms with Crippen molar-refractivity contribution in [2.45, 2.75) is 31.4 Å². The van der Waals surface area contributed by atoms with Crippen LogP contribution < -0.4 is 11.1 Å². The van der Waals surface area contributed by atoms with Crippen LogP contribution in [0.15, 0.2) is 42.6 Å². The van der Waals surface area contributed by atoms with Gasteiger partial charge in [0.2, 0.25) is 0 Å². The predicted octanol–water partition coefficient (Wildman–Crippen LogP) is 2.39. The number of alkyl carbamates (subject to hydrolysis) is 1. The third kappa shape index (κ3) is 6.10. The van der Waals surface area contributed by atoms with E-state index in [2.05, 4.69) is 10.3 Å². The van der Waals surface area contributed by atoms with Crippen molar-refractivity contribution >= 4 is 11.9 Å². The monoisotopic (exact) mass is 399 g/mol. The molecule has 1 aromatic heterocycles. The van der Waals surface area contributed by atoms with Crippen LogP contribution in [0.25, 0.3) is 0 Å². The number of nitrogen functional groups attached to an aromatic ring is 1. The first-order valence-corrected chi connectivity index (χ1v) is 8.31. The summed E-state index contributed by atoms with van der Waals surface area (Å²) in [6.45, 7) is -0.0115. The van der Waals surface area contributed by atoms with Gasteiger partial charge < -0.3 is 26.0 Å². The van der Waals surface area contributed by atoms with E-state index in [1.54, 1.807) is 24.3 Å². The second-order valence-electron chi connectivity index (χ2n) is 5.99. The van der Waals surface area contributed by atoms with Crippen molar-refractivity contribution in [2.24, 2.45) is 0 Å². The number of aliphatic hydroxyl groups excluding tert-OH is 2. The summed E-state index contributed by atoms with van der Waals surface area (Å²) in [4.78, 5) is 15.0. The summed E-state index contributed by atoms with van der Waals surface area (Å²) in [5, 5.41) is 22.5. The number of carbonyl (C=O) groups excluding carboxylic acids is 1. The molecule has 0 aliphatic heterocycles. The summed E-state index contributed by atoms with van der Waals surface area (Å²) >= 11 is 0. The van der Waals surface area contributed by atoms with Crippen molar-refractivity contribution in [3.05, 3.63) is 59.3 Å². The van der Waals surface area contributed by atoms with E-state index < -0.39 is 30.0 Å². The quantitative estimate of drug-likeness (QED) is 0.568. The van der Waals surface area contributed by atoms with E-state index in [1.165, 1.54) is 0 Å². The van der Waals surface area contributed by atoms with Crippen LogP contribution in [0.1, 0.15) is 29.2 Å². The van der Waals surface area contributed by atoms with E-state index in [1.807, 2.05) is 6.07 Å². The number of pyridine rings is 1. The molecule has 0 saturated heterocycles. The summed E-state index contributed by atoms with van der Waals surface area (Å²) in [5.41, 5.74) is 4.87. The highest BCUT2D eigenvalue weighted by Crippen LogP contribution is 2.32. The summed E-state index contributed by atoms with van der Waals surface area (Å²) in [5.74, 6) is -0.324. The topological polar surface area (TPSA) is 118 Å². The Morgan fingerprint density at radius 3 is 2.57 bits per heavy atom. The minimum atomic E-state index is -4.66. The van der Waals surface area contributed by atoms with Gasteiger partial charge in [-0.1, -0.05) is 30.3 Å². The van der Waals surface area contributed by atoms with E-state index in [0.29, 0.717) is 12.3 Å². The maximum absolute atomic E-state index is 12.8. The molecule has 10 heteroatoms. The van der Waals surface area contributed by atoms with Crippen molar-refractivity contribution in [1.82, 2.24) is 10.3 Å². The number of hydrogen-bond acceptors (Lipinski definition) is 6. The van der Waals surface area contributed by atoms with Gasteiger partial charge in [0.1, 0.15) is 18.5 Å². The summed E-state index contributed by atoms with van der Waals surface area (Å²) in [6.07, 6.45) is -8.16. The van der Waals surface area contributed by atoms with Crippen LogP contribution in [0, 0.1) is 0 Å². The SMILES string of the molecule is Nc1ncc(C(F)(F)F)cc1C(O)C(O)CCNC(=O)OCc1ccccc1. The van der Waals surface area contributed by atoms with Crippen molar-refractivity contribution in [3.63, 3.8) is 0 Å². The van der Waals surface area contributed by atoms with Crippen molar-refractivity contribution in [1.29, 1.82) is 0 Å². The highest BCUT2D eigenvalue weighted by Gasteiger charge is 2.33. The van der Waals surface area contributed by atoms with Crippen LogP contribution in [-0.4, -0.2) is 33.9 Å². The molecule has 2 unspecified atom stereocenters. The van der Waals surface area contributed by atoms with Crippen LogP contribution >= 0.6 is 0 Å².